The number of rotatable bonds is 2. The van der Waals surface area contributed by atoms with Gasteiger partial charge in [-0.1, -0.05) is 43.9 Å². The van der Waals surface area contributed by atoms with E-state index in [1.54, 1.807) is 52.5 Å². The predicted molar refractivity (Wildman–Crippen MR) is 134 cm³/mol. The lowest BCUT2D eigenvalue weighted by Gasteiger charge is -2.52. The Morgan fingerprint density at radius 2 is 1.47 bits per heavy atom. The summed E-state index contributed by atoms with van der Waals surface area (Å²) < 4.78 is 2.40. The first-order valence-electron chi connectivity index (χ1n) is 11.6. The largest absolute Gasteiger partial charge is 0.539 e. The zero-order valence-corrected chi connectivity index (χ0v) is 20.9. The van der Waals surface area contributed by atoms with E-state index in [1.165, 1.54) is 19.4 Å². The Kier molecular flexibility index (Phi) is 4.59. The minimum absolute atomic E-state index is 0.315. The van der Waals surface area contributed by atoms with Gasteiger partial charge in [-0.25, -0.2) is 4.79 Å². The van der Waals surface area contributed by atoms with Crippen molar-refractivity contribution in [3.8, 4) is 12.1 Å². The molecule has 0 fully saturated rings. The lowest BCUT2D eigenvalue weighted by atomic mass is 9.46. The molecule has 0 spiro atoms. The standard InChI is InChI=1S/C26H20N10O2/c1-33-23(37)34(2)30-21(29-33)15-9-17-5-7-19-11-16(22-31-35(3)24(38)36(4)32-22)12-20-8-6-18(10-15)25(17,13-27)26(19,20)14-28/h5-12H,1-4H3. The average Bonchev–Trinajstić information content (AvgIpc) is 2.91. The molecule has 0 saturated heterocycles. The van der Waals surface area contributed by atoms with Crippen LogP contribution in [0.5, 0.6) is 0 Å². The van der Waals surface area contributed by atoms with Crippen molar-refractivity contribution in [2.75, 3.05) is 14.1 Å². The number of hydrogen-bond acceptors (Lipinski definition) is 7. The van der Waals surface area contributed by atoms with Gasteiger partial charge in [0.1, 0.15) is 24.9 Å². The molecule has 2 atom stereocenters. The normalized spacial score (nSPS) is 26.8. The van der Waals surface area contributed by atoms with Gasteiger partial charge in [-0.3, -0.25) is 0 Å². The summed E-state index contributed by atoms with van der Waals surface area (Å²) in [7, 11) is 6.17. The Hall–Kier alpha value is -5.36. The van der Waals surface area contributed by atoms with Crippen LogP contribution in [-0.4, -0.2) is 50.9 Å². The van der Waals surface area contributed by atoms with E-state index in [4.69, 9.17) is 0 Å². The molecule has 1 aliphatic heterocycles. The average molecular weight is 505 g/mol. The summed E-state index contributed by atoms with van der Waals surface area (Å²) >= 11 is 0. The number of nitrogens with zero attached hydrogens (tertiary/aromatic N) is 10. The molecule has 186 valence electrons. The predicted octanol–water partition coefficient (Wildman–Crippen LogP) is 1.25. The fourth-order valence-corrected chi connectivity index (χ4v) is 5.55. The summed E-state index contributed by atoms with van der Waals surface area (Å²) in [5.41, 5.74) is 4.98. The molecule has 2 unspecified atom stereocenters. The first-order chi connectivity index (χ1) is 18.2. The van der Waals surface area contributed by atoms with Gasteiger partial charge in [0, 0.05) is 19.7 Å². The highest BCUT2D eigenvalue weighted by Crippen LogP contribution is 2.65. The number of carbonyl (C=O) groups is 1. The van der Waals surface area contributed by atoms with Crippen molar-refractivity contribution in [1.29, 1.82) is 10.5 Å². The van der Waals surface area contributed by atoms with Crippen LogP contribution >= 0.6 is 0 Å². The van der Waals surface area contributed by atoms with E-state index >= 15 is 0 Å². The van der Waals surface area contributed by atoms with Crippen molar-refractivity contribution in [1.82, 2.24) is 24.9 Å². The molecule has 0 bridgehead atoms. The summed E-state index contributed by atoms with van der Waals surface area (Å²) in [6.45, 7) is 0. The van der Waals surface area contributed by atoms with Gasteiger partial charge in [0.25, 0.3) is 0 Å². The van der Waals surface area contributed by atoms with Crippen LogP contribution in [-0.2, 0) is 14.1 Å². The van der Waals surface area contributed by atoms with Crippen LogP contribution in [0.2, 0.25) is 0 Å². The fourth-order valence-electron chi connectivity index (χ4n) is 5.55. The number of urea groups is 1. The number of amidine groups is 1. The number of hydrogen-bond donors (Lipinski definition) is 0. The SMILES string of the molecule is CN1N=C(C2=CC3=CC=C4C=C(c5nn(C)c(=O)[n+](C)n5)C=C5C=CC(=C2)C3(C#N)C45C#N)[N-]N(C)C1=O. The molecule has 5 aliphatic rings. The molecule has 0 aromatic carbocycles. The second-order valence-corrected chi connectivity index (χ2v) is 9.41. The van der Waals surface area contributed by atoms with Gasteiger partial charge < -0.3 is 20.5 Å². The number of nitriles is 2. The summed E-state index contributed by atoms with van der Waals surface area (Å²) in [6.07, 6.45) is 14.5. The monoisotopic (exact) mass is 504 g/mol. The quantitative estimate of drug-likeness (QED) is 0.553. The van der Waals surface area contributed by atoms with Gasteiger partial charge in [-0.2, -0.15) is 15.3 Å². The van der Waals surface area contributed by atoms with E-state index in [2.05, 4.69) is 32.9 Å². The first kappa shape index (κ1) is 23.1. The van der Waals surface area contributed by atoms with Crippen LogP contribution in [0, 0.1) is 33.5 Å². The summed E-state index contributed by atoms with van der Waals surface area (Å²) in [5, 5.41) is 36.7. The molecule has 12 nitrogen and oxygen atoms in total. The van der Waals surface area contributed by atoms with Crippen LogP contribution < -0.4 is 10.4 Å². The highest BCUT2D eigenvalue weighted by atomic mass is 16.2. The molecule has 6 rings (SSSR count). The number of hydrazone groups is 1. The van der Waals surface area contributed by atoms with Gasteiger partial charge >= 0.3 is 11.7 Å². The zero-order chi connectivity index (χ0) is 27.0. The topological polar surface area (TPSA) is 149 Å². The zero-order valence-electron chi connectivity index (χ0n) is 20.9. The van der Waals surface area contributed by atoms with E-state index < -0.39 is 10.8 Å². The Morgan fingerprint density at radius 1 is 0.895 bits per heavy atom. The molecule has 0 N–H and O–H groups in total. The van der Waals surface area contributed by atoms with E-state index in [0.717, 1.165) is 0 Å². The van der Waals surface area contributed by atoms with E-state index in [-0.39, 0.29) is 11.7 Å². The minimum atomic E-state index is -1.32. The molecule has 2 amide bonds. The number of aryl methyl sites for hydroxylation is 2. The van der Waals surface area contributed by atoms with E-state index in [0.29, 0.717) is 45.1 Å². The Labute approximate surface area is 217 Å². The van der Waals surface area contributed by atoms with Gasteiger partial charge in [-0.05, 0) is 58.0 Å². The van der Waals surface area contributed by atoms with Crippen molar-refractivity contribution in [3.63, 3.8) is 0 Å². The van der Waals surface area contributed by atoms with Crippen LogP contribution in [0.15, 0.2) is 86.4 Å². The molecule has 1 aromatic rings. The number of allylic oxidation sites excluding steroid dienone is 12. The summed E-state index contributed by atoms with van der Waals surface area (Å²) in [5.74, 6) is 0.631. The maximum absolute atomic E-state index is 12.1. The Bertz CT molecular complexity index is 1740. The van der Waals surface area contributed by atoms with Crippen molar-refractivity contribution in [2.24, 2.45) is 30.0 Å². The third-order valence-corrected chi connectivity index (χ3v) is 7.36. The lowest BCUT2D eigenvalue weighted by Crippen LogP contribution is -2.55. The van der Waals surface area contributed by atoms with Crippen LogP contribution in [0.1, 0.15) is 5.82 Å². The highest BCUT2D eigenvalue weighted by molar-refractivity contribution is 6.13. The van der Waals surface area contributed by atoms with Gasteiger partial charge in [0.05, 0.1) is 12.1 Å². The third kappa shape index (κ3) is 2.71. The van der Waals surface area contributed by atoms with E-state index in [1.807, 2.05) is 24.3 Å². The molecular weight excluding hydrogens is 484 g/mol. The lowest BCUT2D eigenvalue weighted by molar-refractivity contribution is -0.750. The third-order valence-electron chi connectivity index (χ3n) is 7.36. The Balaban J connectivity index is 1.57. The molecule has 4 aliphatic carbocycles. The van der Waals surface area contributed by atoms with Crippen molar-refractivity contribution < 1.29 is 9.48 Å². The molecular formula is C26H20N10O2. The second-order valence-electron chi connectivity index (χ2n) is 9.41. The number of carbonyl (C=O) groups excluding carboxylic acids is 1. The van der Waals surface area contributed by atoms with Crippen LogP contribution in [0.4, 0.5) is 4.79 Å². The van der Waals surface area contributed by atoms with Crippen molar-refractivity contribution in [2.45, 2.75) is 0 Å². The summed E-state index contributed by atoms with van der Waals surface area (Å²) in [4.78, 5) is 24.2. The molecule has 0 saturated carbocycles. The second kappa shape index (κ2) is 7.57. The van der Waals surface area contributed by atoms with Crippen LogP contribution in [0.25, 0.3) is 11.0 Å². The van der Waals surface area contributed by atoms with Crippen LogP contribution in [0.3, 0.4) is 0 Å². The van der Waals surface area contributed by atoms with Gasteiger partial charge in [0.15, 0.2) is 0 Å². The fraction of sp³-hybridized carbons (Fsp3) is 0.231. The van der Waals surface area contributed by atoms with E-state index in [9.17, 15) is 20.1 Å². The first-order valence-corrected chi connectivity index (χ1v) is 11.6. The summed E-state index contributed by atoms with van der Waals surface area (Å²) in [6, 6.07) is 4.59. The molecule has 12 heteroatoms. The van der Waals surface area contributed by atoms with Gasteiger partial charge in [0.2, 0.25) is 5.82 Å². The molecule has 38 heavy (non-hydrogen) atoms. The maximum atomic E-state index is 12.1. The maximum Gasteiger partial charge on any atom is 0.539 e. The number of aromatic nitrogens is 4. The van der Waals surface area contributed by atoms with Gasteiger partial charge in [-0.15, -0.1) is 0 Å². The minimum Gasteiger partial charge on any atom is -0.369 e. The number of amides is 2. The molecule has 0 radical (unpaired) electrons. The van der Waals surface area contributed by atoms with Crippen molar-refractivity contribution >= 4 is 17.4 Å². The van der Waals surface area contributed by atoms with Crippen molar-refractivity contribution in [3.05, 3.63) is 98.2 Å². The molecule has 1 aromatic heterocycles. The molecule has 2 heterocycles. The Morgan fingerprint density at radius 3 is 2.03 bits per heavy atom. The smallest absolute Gasteiger partial charge is 0.369 e. The highest BCUT2D eigenvalue weighted by Gasteiger charge is 2.63.